The molecule has 0 bridgehead atoms. The van der Waals surface area contributed by atoms with Crippen molar-refractivity contribution in [2.75, 3.05) is 0 Å². The summed E-state index contributed by atoms with van der Waals surface area (Å²) in [6.07, 6.45) is 8.79. The lowest BCUT2D eigenvalue weighted by molar-refractivity contribution is 0.958. The minimum absolute atomic E-state index is 0.724. The van der Waals surface area contributed by atoms with Gasteiger partial charge in [0.15, 0.2) is 0 Å². The first kappa shape index (κ1) is 15.1. The molecule has 0 heterocycles. The van der Waals surface area contributed by atoms with Crippen molar-refractivity contribution in [1.29, 1.82) is 5.26 Å². The number of unbranched alkanes of at least 4 members (excludes halogenated alkanes) is 1. The van der Waals surface area contributed by atoms with Crippen molar-refractivity contribution in [1.82, 2.24) is 0 Å². The van der Waals surface area contributed by atoms with Gasteiger partial charge in [-0.2, -0.15) is 5.26 Å². The summed E-state index contributed by atoms with van der Waals surface area (Å²) in [6, 6.07) is 18.8. The highest BCUT2D eigenvalue weighted by Crippen LogP contribution is 2.11. The van der Waals surface area contributed by atoms with E-state index in [1.165, 1.54) is 23.1 Å². The molecule has 0 aliphatic heterocycles. The average Bonchev–Trinajstić information content (AvgIpc) is 2.55. The van der Waals surface area contributed by atoms with Crippen LogP contribution in [-0.2, 0) is 12.8 Å². The highest BCUT2D eigenvalue weighted by atomic mass is 14.2. The molecule has 0 aromatic heterocycles. The molecule has 106 valence electrons. The molecule has 21 heavy (non-hydrogen) atoms. The summed E-state index contributed by atoms with van der Waals surface area (Å²) < 4.78 is 0. The summed E-state index contributed by atoms with van der Waals surface area (Å²) in [5, 5.41) is 8.78. The lowest BCUT2D eigenvalue weighted by Gasteiger charge is -2.03. The number of allylic oxidation sites excluding steroid dienone is 1. The second-order valence-electron chi connectivity index (χ2n) is 5.24. The molecular formula is C20H21N. The molecule has 0 aliphatic rings. The third-order valence-electron chi connectivity index (χ3n) is 3.53. The Morgan fingerprint density at radius 2 is 1.48 bits per heavy atom. The van der Waals surface area contributed by atoms with Crippen LogP contribution >= 0.6 is 0 Å². The molecule has 0 saturated carbocycles. The fourth-order valence-corrected chi connectivity index (χ4v) is 2.22. The molecule has 0 fully saturated rings. The Morgan fingerprint density at radius 1 is 0.905 bits per heavy atom. The van der Waals surface area contributed by atoms with Crippen molar-refractivity contribution < 1.29 is 0 Å². The van der Waals surface area contributed by atoms with Crippen LogP contribution in [0.25, 0.3) is 6.08 Å². The molecule has 2 aromatic rings. The summed E-state index contributed by atoms with van der Waals surface area (Å²) >= 11 is 0. The first-order valence-electron chi connectivity index (χ1n) is 7.56. The number of hydrogen-bond acceptors (Lipinski definition) is 1. The summed E-state index contributed by atoms with van der Waals surface area (Å²) in [7, 11) is 0. The predicted molar refractivity (Wildman–Crippen MR) is 88.9 cm³/mol. The van der Waals surface area contributed by atoms with Gasteiger partial charge >= 0.3 is 0 Å². The Morgan fingerprint density at radius 3 is 2.00 bits per heavy atom. The maximum absolute atomic E-state index is 8.78. The third-order valence-corrected chi connectivity index (χ3v) is 3.53. The zero-order valence-electron chi connectivity index (χ0n) is 12.5. The van der Waals surface area contributed by atoms with Crippen LogP contribution in [-0.4, -0.2) is 0 Å². The Kier molecular flexibility index (Phi) is 5.79. The van der Waals surface area contributed by atoms with E-state index in [4.69, 9.17) is 5.26 Å². The van der Waals surface area contributed by atoms with Crippen LogP contribution in [0.3, 0.4) is 0 Å². The maximum atomic E-state index is 8.78. The topological polar surface area (TPSA) is 23.8 Å². The van der Waals surface area contributed by atoms with Crippen molar-refractivity contribution in [3.63, 3.8) is 0 Å². The van der Waals surface area contributed by atoms with Crippen LogP contribution in [0.2, 0.25) is 0 Å². The Balaban J connectivity index is 1.89. The van der Waals surface area contributed by atoms with Crippen molar-refractivity contribution in [3.05, 3.63) is 76.9 Å². The van der Waals surface area contributed by atoms with E-state index in [1.807, 2.05) is 24.3 Å². The summed E-state index contributed by atoms with van der Waals surface area (Å²) in [6.45, 7) is 2.19. The monoisotopic (exact) mass is 275 g/mol. The molecule has 1 nitrogen and oxygen atoms in total. The largest absolute Gasteiger partial charge is 0.192 e. The van der Waals surface area contributed by atoms with Crippen molar-refractivity contribution in [2.24, 2.45) is 0 Å². The van der Waals surface area contributed by atoms with Crippen molar-refractivity contribution >= 4 is 6.08 Å². The Bertz CT molecular complexity index is 612. The number of nitriles is 1. The second kappa shape index (κ2) is 8.07. The molecule has 0 saturated heterocycles. The molecule has 0 aliphatic carbocycles. The fourth-order valence-electron chi connectivity index (χ4n) is 2.22. The number of nitrogens with zero attached hydrogens (tertiary/aromatic N) is 1. The smallest absolute Gasteiger partial charge is 0.0991 e. The van der Waals surface area contributed by atoms with Crippen LogP contribution < -0.4 is 0 Å². The summed E-state index contributed by atoms with van der Waals surface area (Å²) in [5.41, 5.74) is 4.63. The minimum atomic E-state index is 0.724. The van der Waals surface area contributed by atoms with E-state index < -0.39 is 0 Å². The molecule has 0 atom stereocenters. The van der Waals surface area contributed by atoms with Gasteiger partial charge in [0.25, 0.3) is 0 Å². The molecule has 1 heteroatoms. The SMILES string of the molecule is CCC/C=C/c1ccc(CCc2ccc(C#N)cc2)cc1. The first-order valence-corrected chi connectivity index (χ1v) is 7.56. The molecule has 0 unspecified atom stereocenters. The van der Waals surface area contributed by atoms with E-state index in [-0.39, 0.29) is 0 Å². The lowest BCUT2D eigenvalue weighted by Crippen LogP contribution is -1.91. The van der Waals surface area contributed by atoms with Gasteiger partial charge in [0.05, 0.1) is 11.6 Å². The van der Waals surface area contributed by atoms with Crippen LogP contribution in [0.1, 0.15) is 42.0 Å². The normalized spacial score (nSPS) is 10.7. The number of benzene rings is 2. The minimum Gasteiger partial charge on any atom is -0.192 e. The highest BCUT2D eigenvalue weighted by molar-refractivity contribution is 5.49. The molecule has 0 spiro atoms. The quantitative estimate of drug-likeness (QED) is 0.714. The summed E-state index contributed by atoms with van der Waals surface area (Å²) in [5.74, 6) is 0. The lowest BCUT2D eigenvalue weighted by atomic mass is 10.0. The van der Waals surface area contributed by atoms with Crippen molar-refractivity contribution in [2.45, 2.75) is 32.6 Å². The fraction of sp³-hybridized carbons (Fsp3) is 0.250. The van der Waals surface area contributed by atoms with Gasteiger partial charge in [-0.1, -0.05) is 61.9 Å². The Labute approximate surface area is 127 Å². The van der Waals surface area contributed by atoms with Crippen LogP contribution in [0, 0.1) is 11.3 Å². The standard InChI is InChI=1S/C20H21N/c1-2-3-4-5-17-6-8-18(9-7-17)10-11-19-12-14-20(16-21)15-13-19/h4-9,12-15H,2-3,10-11H2,1H3/b5-4+. The van der Waals surface area contributed by atoms with Gasteiger partial charge in [0.2, 0.25) is 0 Å². The van der Waals surface area contributed by atoms with E-state index in [9.17, 15) is 0 Å². The molecule has 0 N–H and O–H groups in total. The molecule has 2 rings (SSSR count). The van der Waals surface area contributed by atoms with Gasteiger partial charge in [-0.25, -0.2) is 0 Å². The van der Waals surface area contributed by atoms with Gasteiger partial charge in [-0.3, -0.25) is 0 Å². The van der Waals surface area contributed by atoms with E-state index in [2.05, 4.69) is 49.4 Å². The number of aryl methyl sites for hydroxylation is 2. The van der Waals surface area contributed by atoms with Gasteiger partial charge in [-0.15, -0.1) is 0 Å². The van der Waals surface area contributed by atoms with Crippen LogP contribution in [0.5, 0.6) is 0 Å². The van der Waals surface area contributed by atoms with Gasteiger partial charge in [0.1, 0.15) is 0 Å². The van der Waals surface area contributed by atoms with Gasteiger partial charge in [-0.05, 0) is 48.1 Å². The Hall–Kier alpha value is -2.33. The molecular weight excluding hydrogens is 254 g/mol. The van der Waals surface area contributed by atoms with Crippen LogP contribution in [0.15, 0.2) is 54.6 Å². The van der Waals surface area contributed by atoms with Gasteiger partial charge < -0.3 is 0 Å². The molecule has 0 amide bonds. The number of hydrogen-bond donors (Lipinski definition) is 0. The van der Waals surface area contributed by atoms with E-state index in [0.29, 0.717) is 0 Å². The zero-order chi connectivity index (χ0) is 14.9. The van der Waals surface area contributed by atoms with E-state index >= 15 is 0 Å². The molecule has 0 radical (unpaired) electrons. The third kappa shape index (κ3) is 4.93. The highest BCUT2D eigenvalue weighted by Gasteiger charge is 1.97. The summed E-state index contributed by atoms with van der Waals surface area (Å²) in [4.78, 5) is 0. The second-order valence-corrected chi connectivity index (χ2v) is 5.24. The van der Waals surface area contributed by atoms with E-state index in [1.54, 1.807) is 0 Å². The van der Waals surface area contributed by atoms with E-state index in [0.717, 1.165) is 24.8 Å². The van der Waals surface area contributed by atoms with Gasteiger partial charge in [0, 0.05) is 0 Å². The average molecular weight is 275 g/mol. The zero-order valence-corrected chi connectivity index (χ0v) is 12.5. The van der Waals surface area contributed by atoms with Crippen LogP contribution in [0.4, 0.5) is 0 Å². The van der Waals surface area contributed by atoms with Crippen molar-refractivity contribution in [3.8, 4) is 6.07 Å². The first-order chi connectivity index (χ1) is 10.3. The maximum Gasteiger partial charge on any atom is 0.0991 e. The predicted octanol–water partition coefficient (Wildman–Crippen LogP) is 5.16. The number of rotatable bonds is 6. The molecule has 2 aromatic carbocycles.